The monoisotopic (exact) mass is 323 g/mol. The van der Waals surface area contributed by atoms with Crippen molar-refractivity contribution in [1.82, 2.24) is 5.32 Å². The van der Waals surface area contributed by atoms with E-state index >= 15 is 0 Å². The predicted octanol–water partition coefficient (Wildman–Crippen LogP) is 2.73. The molecule has 3 nitrogen and oxygen atoms in total. The number of hydrogen-bond acceptors (Lipinski definition) is 3. The fourth-order valence-corrected chi connectivity index (χ4v) is 2.51. The standard InChI is InChI=1S/C15H18BrNO2/c1-2-7-19-15-6-5-13(16)9-12(15)10-17-14-4-3-8-18-11-14/h1,5-6,9,14,17H,3-4,7-8,10-11H2. The number of ether oxygens (including phenoxy) is 2. The van der Waals surface area contributed by atoms with Gasteiger partial charge in [0.25, 0.3) is 0 Å². The third-order valence-corrected chi connectivity index (χ3v) is 3.57. The average Bonchev–Trinajstić information content (AvgIpc) is 2.45. The maximum Gasteiger partial charge on any atom is 0.148 e. The van der Waals surface area contributed by atoms with Crippen molar-refractivity contribution in [2.75, 3.05) is 19.8 Å². The number of hydrogen-bond donors (Lipinski definition) is 1. The SMILES string of the molecule is C#CCOc1ccc(Br)cc1CNC1CCCOC1. The maximum atomic E-state index is 5.55. The van der Waals surface area contributed by atoms with Gasteiger partial charge in [-0.1, -0.05) is 21.9 Å². The molecule has 1 saturated heterocycles. The topological polar surface area (TPSA) is 30.5 Å². The minimum absolute atomic E-state index is 0.293. The lowest BCUT2D eigenvalue weighted by atomic mass is 10.1. The van der Waals surface area contributed by atoms with Gasteiger partial charge in [0.1, 0.15) is 12.4 Å². The molecule has 0 bridgehead atoms. The first kappa shape index (κ1) is 14.4. The summed E-state index contributed by atoms with van der Waals surface area (Å²) in [4.78, 5) is 0. The second-order valence-electron chi connectivity index (χ2n) is 4.54. The number of rotatable bonds is 5. The molecule has 0 spiro atoms. The number of halogens is 1. The summed E-state index contributed by atoms with van der Waals surface area (Å²) in [6.07, 6.45) is 7.51. The minimum atomic E-state index is 0.293. The maximum absolute atomic E-state index is 5.55. The Morgan fingerprint density at radius 3 is 3.16 bits per heavy atom. The van der Waals surface area contributed by atoms with Gasteiger partial charge in [0.05, 0.1) is 6.61 Å². The fraction of sp³-hybridized carbons (Fsp3) is 0.467. The van der Waals surface area contributed by atoms with Gasteiger partial charge in [0, 0.05) is 29.2 Å². The summed E-state index contributed by atoms with van der Waals surface area (Å²) in [7, 11) is 0. The van der Waals surface area contributed by atoms with Crippen LogP contribution in [0.25, 0.3) is 0 Å². The second kappa shape index (κ2) is 7.54. The van der Waals surface area contributed by atoms with Crippen molar-refractivity contribution in [3.8, 4) is 18.1 Å². The molecule has 19 heavy (non-hydrogen) atoms. The highest BCUT2D eigenvalue weighted by atomic mass is 79.9. The second-order valence-corrected chi connectivity index (χ2v) is 5.46. The quantitative estimate of drug-likeness (QED) is 0.845. The molecule has 4 heteroatoms. The highest BCUT2D eigenvalue weighted by Gasteiger charge is 2.14. The van der Waals surface area contributed by atoms with E-state index in [4.69, 9.17) is 15.9 Å². The van der Waals surface area contributed by atoms with Crippen LogP contribution in [-0.4, -0.2) is 25.9 Å². The van der Waals surface area contributed by atoms with Crippen molar-refractivity contribution in [1.29, 1.82) is 0 Å². The van der Waals surface area contributed by atoms with Crippen molar-refractivity contribution in [2.24, 2.45) is 0 Å². The van der Waals surface area contributed by atoms with E-state index in [9.17, 15) is 0 Å². The zero-order chi connectivity index (χ0) is 13.5. The largest absolute Gasteiger partial charge is 0.481 e. The molecule has 1 N–H and O–H groups in total. The number of terminal acetylenes is 1. The van der Waals surface area contributed by atoms with Crippen LogP contribution in [0.2, 0.25) is 0 Å². The minimum Gasteiger partial charge on any atom is -0.481 e. The van der Waals surface area contributed by atoms with E-state index in [1.807, 2.05) is 12.1 Å². The predicted molar refractivity (Wildman–Crippen MR) is 79.2 cm³/mol. The summed E-state index contributed by atoms with van der Waals surface area (Å²) in [6.45, 7) is 2.72. The van der Waals surface area contributed by atoms with Crippen molar-refractivity contribution >= 4 is 15.9 Å². The number of benzene rings is 1. The van der Waals surface area contributed by atoms with Gasteiger partial charge in [-0.05, 0) is 31.0 Å². The molecule has 1 atom stereocenters. The van der Waals surface area contributed by atoms with Crippen molar-refractivity contribution in [2.45, 2.75) is 25.4 Å². The van der Waals surface area contributed by atoms with Crippen LogP contribution in [0.15, 0.2) is 22.7 Å². The van der Waals surface area contributed by atoms with Crippen LogP contribution in [0.3, 0.4) is 0 Å². The Morgan fingerprint density at radius 2 is 2.42 bits per heavy atom. The Morgan fingerprint density at radius 1 is 1.53 bits per heavy atom. The van der Waals surface area contributed by atoms with E-state index in [0.29, 0.717) is 12.6 Å². The van der Waals surface area contributed by atoms with Crippen LogP contribution in [0.4, 0.5) is 0 Å². The van der Waals surface area contributed by atoms with Crippen molar-refractivity contribution in [3.63, 3.8) is 0 Å². The average molecular weight is 324 g/mol. The van der Waals surface area contributed by atoms with Crippen LogP contribution in [0, 0.1) is 12.3 Å². The van der Waals surface area contributed by atoms with Crippen LogP contribution in [0.5, 0.6) is 5.75 Å². The number of nitrogens with one attached hydrogen (secondary N) is 1. The molecule has 1 aromatic carbocycles. The van der Waals surface area contributed by atoms with Crippen LogP contribution in [0.1, 0.15) is 18.4 Å². The van der Waals surface area contributed by atoms with Gasteiger partial charge >= 0.3 is 0 Å². The van der Waals surface area contributed by atoms with Gasteiger partial charge in [0.15, 0.2) is 0 Å². The Kier molecular flexibility index (Phi) is 5.71. The third kappa shape index (κ3) is 4.54. The van der Waals surface area contributed by atoms with E-state index < -0.39 is 0 Å². The molecule has 1 unspecified atom stereocenters. The molecular weight excluding hydrogens is 306 g/mol. The Hall–Kier alpha value is -1.02. The van der Waals surface area contributed by atoms with E-state index in [1.165, 1.54) is 0 Å². The van der Waals surface area contributed by atoms with E-state index in [0.717, 1.165) is 48.4 Å². The van der Waals surface area contributed by atoms with Crippen LogP contribution < -0.4 is 10.1 Å². The first-order valence-corrected chi connectivity index (χ1v) is 7.24. The Labute approximate surface area is 122 Å². The van der Waals surface area contributed by atoms with E-state index in [1.54, 1.807) is 0 Å². The lowest BCUT2D eigenvalue weighted by Crippen LogP contribution is -2.36. The molecule has 0 radical (unpaired) electrons. The Bertz CT molecular complexity index is 450. The summed E-state index contributed by atoms with van der Waals surface area (Å²) in [5.41, 5.74) is 1.11. The van der Waals surface area contributed by atoms with Gasteiger partial charge in [0.2, 0.25) is 0 Å². The zero-order valence-corrected chi connectivity index (χ0v) is 12.4. The summed E-state index contributed by atoms with van der Waals surface area (Å²) in [6, 6.07) is 6.38. The zero-order valence-electron chi connectivity index (χ0n) is 10.8. The molecule has 1 aliphatic rings. The molecule has 0 amide bonds. The van der Waals surface area contributed by atoms with Crippen LogP contribution >= 0.6 is 15.9 Å². The lowest BCUT2D eigenvalue weighted by molar-refractivity contribution is 0.0698. The van der Waals surface area contributed by atoms with Gasteiger partial charge in [-0.25, -0.2) is 0 Å². The highest BCUT2D eigenvalue weighted by Crippen LogP contribution is 2.23. The first-order chi connectivity index (χ1) is 9.29. The fourth-order valence-electron chi connectivity index (χ4n) is 2.10. The lowest BCUT2D eigenvalue weighted by Gasteiger charge is -2.23. The molecule has 1 aromatic rings. The summed E-state index contributed by atoms with van der Waals surface area (Å²) in [5.74, 6) is 3.33. The molecular formula is C15H18BrNO2. The third-order valence-electron chi connectivity index (χ3n) is 3.08. The molecule has 1 aliphatic heterocycles. The molecule has 0 saturated carbocycles. The molecule has 102 valence electrons. The highest BCUT2D eigenvalue weighted by molar-refractivity contribution is 9.10. The molecule has 1 fully saturated rings. The van der Waals surface area contributed by atoms with Gasteiger partial charge in [-0.3, -0.25) is 0 Å². The van der Waals surface area contributed by atoms with Gasteiger partial charge in [-0.15, -0.1) is 6.42 Å². The van der Waals surface area contributed by atoms with E-state index in [2.05, 4.69) is 33.2 Å². The summed E-state index contributed by atoms with van der Waals surface area (Å²) < 4.78 is 12.1. The smallest absolute Gasteiger partial charge is 0.148 e. The normalized spacial score (nSPS) is 18.8. The van der Waals surface area contributed by atoms with Crippen molar-refractivity contribution < 1.29 is 9.47 Å². The molecule has 0 aromatic heterocycles. The van der Waals surface area contributed by atoms with Crippen molar-refractivity contribution in [3.05, 3.63) is 28.2 Å². The molecule has 0 aliphatic carbocycles. The molecule has 1 heterocycles. The summed E-state index contributed by atoms with van der Waals surface area (Å²) >= 11 is 3.48. The molecule has 2 rings (SSSR count). The van der Waals surface area contributed by atoms with Gasteiger partial charge < -0.3 is 14.8 Å². The summed E-state index contributed by atoms with van der Waals surface area (Å²) in [5, 5.41) is 3.50. The van der Waals surface area contributed by atoms with Crippen LogP contribution in [-0.2, 0) is 11.3 Å². The van der Waals surface area contributed by atoms with Gasteiger partial charge in [-0.2, -0.15) is 0 Å². The first-order valence-electron chi connectivity index (χ1n) is 6.45. The van der Waals surface area contributed by atoms with E-state index in [-0.39, 0.29) is 0 Å². The Balaban J connectivity index is 1.96.